The summed E-state index contributed by atoms with van der Waals surface area (Å²) in [5.74, 6) is 1.18. The molecule has 0 saturated carbocycles. The van der Waals surface area contributed by atoms with E-state index >= 15 is 0 Å². The molecule has 1 amide bonds. The van der Waals surface area contributed by atoms with Gasteiger partial charge in [-0.05, 0) is 63.3 Å². The second kappa shape index (κ2) is 10.1. The van der Waals surface area contributed by atoms with Gasteiger partial charge in [0, 0.05) is 25.0 Å². The van der Waals surface area contributed by atoms with E-state index in [-0.39, 0.29) is 17.9 Å². The molecule has 164 valence electrons. The van der Waals surface area contributed by atoms with E-state index in [0.29, 0.717) is 6.61 Å². The Hall–Kier alpha value is -2.60. The predicted molar refractivity (Wildman–Crippen MR) is 128 cm³/mol. The molecule has 2 aromatic carbocycles. The molecule has 1 aliphatic heterocycles. The molecule has 1 unspecified atom stereocenters. The van der Waals surface area contributed by atoms with E-state index in [4.69, 9.17) is 9.72 Å². The van der Waals surface area contributed by atoms with Gasteiger partial charge in [-0.2, -0.15) is 0 Å². The van der Waals surface area contributed by atoms with Gasteiger partial charge in [0.2, 0.25) is 5.91 Å². The third-order valence-electron chi connectivity index (χ3n) is 5.89. The van der Waals surface area contributed by atoms with Gasteiger partial charge in [0.1, 0.15) is 5.75 Å². The van der Waals surface area contributed by atoms with E-state index in [1.165, 1.54) is 5.56 Å². The van der Waals surface area contributed by atoms with E-state index in [0.717, 1.165) is 59.9 Å². The van der Waals surface area contributed by atoms with Crippen LogP contribution in [-0.4, -0.2) is 36.6 Å². The molecule has 3 aromatic rings. The molecule has 4 rings (SSSR count). The molecule has 1 aliphatic rings. The van der Waals surface area contributed by atoms with Gasteiger partial charge < -0.3 is 15.0 Å². The zero-order valence-electron chi connectivity index (χ0n) is 18.3. The van der Waals surface area contributed by atoms with Crippen LogP contribution in [-0.2, 0) is 11.2 Å². The first kappa shape index (κ1) is 21.6. The lowest BCUT2D eigenvalue weighted by molar-refractivity contribution is -0.126. The standard InChI is InChI=1S/C25H31N3O2S/c1-3-30-21-11-12-22-23(17-21)31-25(27-22)28-15-13-20(14-16-28)24(29)26-18(2)9-10-19-7-5-4-6-8-19/h4-8,11-12,17-18,20H,3,9-10,13-16H2,1-2H3,(H,26,29). The Labute approximate surface area is 188 Å². The summed E-state index contributed by atoms with van der Waals surface area (Å²) >= 11 is 1.70. The number of anilines is 1. The van der Waals surface area contributed by atoms with Gasteiger partial charge >= 0.3 is 0 Å². The lowest BCUT2D eigenvalue weighted by Crippen LogP contribution is -2.43. The highest BCUT2D eigenvalue weighted by Gasteiger charge is 2.27. The van der Waals surface area contributed by atoms with Crippen LogP contribution in [0.4, 0.5) is 5.13 Å². The number of benzene rings is 2. The van der Waals surface area contributed by atoms with Crippen molar-refractivity contribution in [3.63, 3.8) is 0 Å². The maximum Gasteiger partial charge on any atom is 0.223 e. The van der Waals surface area contributed by atoms with Crippen LogP contribution in [0.25, 0.3) is 10.2 Å². The van der Waals surface area contributed by atoms with Crippen molar-refractivity contribution in [1.82, 2.24) is 10.3 Å². The number of thiazole rings is 1. The molecule has 31 heavy (non-hydrogen) atoms. The van der Waals surface area contributed by atoms with Crippen molar-refractivity contribution >= 4 is 32.6 Å². The van der Waals surface area contributed by atoms with Crippen LogP contribution in [0.5, 0.6) is 5.75 Å². The van der Waals surface area contributed by atoms with Crippen molar-refractivity contribution < 1.29 is 9.53 Å². The van der Waals surface area contributed by atoms with Crippen LogP contribution in [0.2, 0.25) is 0 Å². The molecule has 6 heteroatoms. The van der Waals surface area contributed by atoms with Gasteiger partial charge in [0.05, 0.1) is 16.8 Å². The van der Waals surface area contributed by atoms with E-state index in [1.807, 2.05) is 25.1 Å². The fraction of sp³-hybridized carbons (Fsp3) is 0.440. The summed E-state index contributed by atoms with van der Waals surface area (Å²) in [6.45, 7) is 6.50. The zero-order valence-corrected chi connectivity index (χ0v) is 19.2. The second-order valence-corrected chi connectivity index (χ2v) is 9.26. The van der Waals surface area contributed by atoms with Gasteiger partial charge in [-0.25, -0.2) is 4.98 Å². The molecule has 1 N–H and O–H groups in total. The summed E-state index contributed by atoms with van der Waals surface area (Å²) in [6, 6.07) is 16.7. The van der Waals surface area contributed by atoms with Crippen LogP contribution in [0.1, 0.15) is 38.7 Å². The lowest BCUT2D eigenvalue weighted by atomic mass is 9.95. The van der Waals surface area contributed by atoms with Crippen molar-refractivity contribution in [2.75, 3.05) is 24.6 Å². The minimum atomic E-state index is 0.0920. The molecule has 0 radical (unpaired) electrons. The van der Waals surface area contributed by atoms with E-state index in [2.05, 4.69) is 47.5 Å². The number of carbonyl (C=O) groups excluding carboxylic acids is 1. The summed E-state index contributed by atoms with van der Waals surface area (Å²) < 4.78 is 6.75. The highest BCUT2D eigenvalue weighted by molar-refractivity contribution is 7.22. The van der Waals surface area contributed by atoms with Gasteiger partial charge in [-0.15, -0.1) is 0 Å². The van der Waals surface area contributed by atoms with Crippen molar-refractivity contribution in [1.29, 1.82) is 0 Å². The number of hydrogen-bond donors (Lipinski definition) is 1. The van der Waals surface area contributed by atoms with E-state index in [9.17, 15) is 4.79 Å². The summed E-state index contributed by atoms with van der Waals surface area (Å²) in [7, 11) is 0. The first-order valence-corrected chi connectivity index (χ1v) is 12.1. The van der Waals surface area contributed by atoms with Crippen molar-refractivity contribution in [2.24, 2.45) is 5.92 Å². The third kappa shape index (κ3) is 5.56. The van der Waals surface area contributed by atoms with E-state index in [1.54, 1.807) is 11.3 Å². The fourth-order valence-corrected chi connectivity index (χ4v) is 5.12. The molecule has 1 saturated heterocycles. The number of rotatable bonds is 8. The smallest absolute Gasteiger partial charge is 0.223 e. The van der Waals surface area contributed by atoms with Gasteiger partial charge in [0.15, 0.2) is 5.13 Å². The van der Waals surface area contributed by atoms with Crippen LogP contribution in [0.3, 0.4) is 0 Å². The van der Waals surface area contributed by atoms with Crippen molar-refractivity contribution in [2.45, 2.75) is 45.6 Å². The number of nitrogens with one attached hydrogen (secondary N) is 1. The van der Waals surface area contributed by atoms with Crippen LogP contribution in [0, 0.1) is 5.92 Å². The number of amides is 1. The summed E-state index contributed by atoms with van der Waals surface area (Å²) in [6.07, 6.45) is 3.70. The average molecular weight is 438 g/mol. The Kier molecular flexibility index (Phi) is 7.07. The minimum absolute atomic E-state index is 0.0920. The molecule has 1 aromatic heterocycles. The number of aromatic nitrogens is 1. The highest BCUT2D eigenvalue weighted by atomic mass is 32.1. The topological polar surface area (TPSA) is 54.5 Å². The Morgan fingerprint density at radius 3 is 2.74 bits per heavy atom. The Balaban J connectivity index is 1.27. The number of nitrogens with zero attached hydrogens (tertiary/aromatic N) is 2. The molecular weight excluding hydrogens is 406 g/mol. The molecule has 5 nitrogen and oxygen atoms in total. The third-order valence-corrected chi connectivity index (χ3v) is 6.97. The quantitative estimate of drug-likeness (QED) is 0.536. The number of hydrogen-bond acceptors (Lipinski definition) is 5. The summed E-state index contributed by atoms with van der Waals surface area (Å²) in [5, 5.41) is 4.27. The van der Waals surface area contributed by atoms with Crippen LogP contribution in [0.15, 0.2) is 48.5 Å². The van der Waals surface area contributed by atoms with Crippen molar-refractivity contribution in [3.8, 4) is 5.75 Å². The largest absolute Gasteiger partial charge is 0.494 e. The molecule has 1 atom stereocenters. The van der Waals surface area contributed by atoms with Gasteiger partial charge in [-0.3, -0.25) is 4.79 Å². The number of fused-ring (bicyclic) bond motifs is 1. The molecule has 1 fully saturated rings. The number of ether oxygens (including phenoxy) is 1. The molecule has 0 spiro atoms. The average Bonchev–Trinajstić information content (AvgIpc) is 3.22. The van der Waals surface area contributed by atoms with Gasteiger partial charge in [-0.1, -0.05) is 41.7 Å². The number of aryl methyl sites for hydroxylation is 1. The van der Waals surface area contributed by atoms with Gasteiger partial charge in [0.25, 0.3) is 0 Å². The number of piperidine rings is 1. The Bertz CT molecular complexity index is 996. The first-order valence-electron chi connectivity index (χ1n) is 11.2. The highest BCUT2D eigenvalue weighted by Crippen LogP contribution is 2.33. The maximum atomic E-state index is 12.7. The zero-order chi connectivity index (χ0) is 21.6. The normalized spacial score (nSPS) is 15.7. The van der Waals surface area contributed by atoms with Crippen LogP contribution >= 0.6 is 11.3 Å². The maximum absolute atomic E-state index is 12.7. The molecule has 2 heterocycles. The monoisotopic (exact) mass is 437 g/mol. The molecule has 0 bridgehead atoms. The SMILES string of the molecule is CCOc1ccc2nc(N3CCC(C(=O)NC(C)CCc4ccccc4)CC3)sc2c1. The Morgan fingerprint density at radius 2 is 2.00 bits per heavy atom. The first-order chi connectivity index (χ1) is 15.1. The summed E-state index contributed by atoms with van der Waals surface area (Å²) in [4.78, 5) is 19.9. The van der Waals surface area contributed by atoms with Crippen molar-refractivity contribution in [3.05, 3.63) is 54.1 Å². The predicted octanol–water partition coefficient (Wildman–Crippen LogP) is 5.05. The minimum Gasteiger partial charge on any atom is -0.494 e. The summed E-state index contributed by atoms with van der Waals surface area (Å²) in [5.41, 5.74) is 2.33. The number of carbonyl (C=O) groups is 1. The lowest BCUT2D eigenvalue weighted by Gasteiger charge is -2.31. The molecule has 0 aliphatic carbocycles. The Morgan fingerprint density at radius 1 is 1.23 bits per heavy atom. The van der Waals surface area contributed by atoms with E-state index < -0.39 is 0 Å². The second-order valence-electron chi connectivity index (χ2n) is 8.25. The van der Waals surface area contributed by atoms with Crippen LogP contribution < -0.4 is 15.0 Å². The fourth-order valence-electron chi connectivity index (χ4n) is 4.08. The molecular formula is C25H31N3O2S.